The maximum absolute atomic E-state index is 13.0. The van der Waals surface area contributed by atoms with Gasteiger partial charge in [-0.05, 0) is 116 Å². The van der Waals surface area contributed by atoms with E-state index in [4.69, 9.17) is 18.9 Å². The number of aliphatic carboxylic acids is 1. The lowest BCUT2D eigenvalue weighted by molar-refractivity contribution is -0.870. The molecule has 0 rings (SSSR count). The fourth-order valence-corrected chi connectivity index (χ4v) is 10.2. The van der Waals surface area contributed by atoms with Gasteiger partial charge in [0.15, 0.2) is 12.4 Å². The maximum Gasteiger partial charge on any atom is 0.306 e. The molecule has 0 amide bonds. The Hall–Kier alpha value is -4.57. The fraction of sp³-hybridized carbons (Fsp3) is 0.695. The van der Waals surface area contributed by atoms with E-state index < -0.39 is 24.3 Å². The van der Waals surface area contributed by atoms with Crippen LogP contribution in [0.3, 0.4) is 0 Å². The van der Waals surface area contributed by atoms with Crippen molar-refractivity contribution < 1.29 is 42.9 Å². The number of hydrogen-bond donors (Lipinski definition) is 0. The summed E-state index contributed by atoms with van der Waals surface area (Å²) in [6.45, 7) is 4.64. The van der Waals surface area contributed by atoms with Crippen molar-refractivity contribution in [3.8, 4) is 0 Å². The Labute approximate surface area is 560 Å². The number of carbonyl (C=O) groups excluding carboxylic acids is 3. The van der Waals surface area contributed by atoms with Gasteiger partial charge < -0.3 is 33.3 Å². The Bertz CT molecular complexity index is 1960. The topological polar surface area (TPSA) is 111 Å². The molecule has 520 valence electrons. The predicted molar refractivity (Wildman–Crippen MR) is 389 cm³/mol. The number of unbranched alkanes of at least 4 members (excludes halogenated alkanes) is 31. The molecular weight excluding hydrogens is 1130 g/mol. The summed E-state index contributed by atoms with van der Waals surface area (Å²) >= 11 is 0. The average Bonchev–Trinajstić information content (AvgIpc) is 3.46. The van der Waals surface area contributed by atoms with Crippen molar-refractivity contribution in [2.45, 2.75) is 322 Å². The van der Waals surface area contributed by atoms with Crippen molar-refractivity contribution in [2.75, 3.05) is 47.5 Å². The smallest absolute Gasteiger partial charge is 0.306 e. The van der Waals surface area contributed by atoms with Crippen LogP contribution in [0.4, 0.5) is 0 Å². The summed E-state index contributed by atoms with van der Waals surface area (Å²) in [6.07, 6.45) is 99.7. The molecule has 0 saturated heterocycles. The van der Waals surface area contributed by atoms with E-state index in [-0.39, 0.29) is 38.6 Å². The molecule has 0 aromatic carbocycles. The first kappa shape index (κ1) is 86.4. The number of carbonyl (C=O) groups is 3. The number of ether oxygens (including phenoxy) is 4. The van der Waals surface area contributed by atoms with Gasteiger partial charge in [-0.3, -0.25) is 9.59 Å². The molecule has 0 aliphatic rings. The Morgan fingerprint density at radius 3 is 0.934 bits per heavy atom. The van der Waals surface area contributed by atoms with Gasteiger partial charge in [0.05, 0.1) is 40.3 Å². The number of quaternary nitrogens is 1. The minimum absolute atomic E-state index is 0.143. The van der Waals surface area contributed by atoms with Crippen molar-refractivity contribution in [3.63, 3.8) is 0 Å². The summed E-state index contributed by atoms with van der Waals surface area (Å²) in [5, 5.41) is 11.8. The summed E-state index contributed by atoms with van der Waals surface area (Å²) in [4.78, 5) is 37.5. The molecule has 91 heavy (non-hydrogen) atoms. The van der Waals surface area contributed by atoms with Crippen molar-refractivity contribution in [1.29, 1.82) is 0 Å². The molecule has 9 nitrogen and oxygen atoms in total. The lowest BCUT2D eigenvalue weighted by Gasteiger charge is -2.26. The highest BCUT2D eigenvalue weighted by Gasteiger charge is 2.22. The molecule has 2 unspecified atom stereocenters. The van der Waals surface area contributed by atoms with Crippen LogP contribution in [0.15, 0.2) is 134 Å². The van der Waals surface area contributed by atoms with Crippen LogP contribution in [0, 0.1) is 0 Å². The van der Waals surface area contributed by atoms with Crippen LogP contribution in [0.5, 0.6) is 0 Å². The number of allylic oxidation sites excluding steroid dienone is 22. The van der Waals surface area contributed by atoms with Gasteiger partial charge in [-0.1, -0.05) is 314 Å². The molecule has 0 spiro atoms. The van der Waals surface area contributed by atoms with Crippen LogP contribution in [0.2, 0.25) is 0 Å². The molecule has 0 bridgehead atoms. The minimum Gasteiger partial charge on any atom is -0.545 e. The molecule has 9 heteroatoms. The second-order valence-electron chi connectivity index (χ2n) is 25.9. The Kier molecular flexibility index (Phi) is 67.7. The molecule has 0 aliphatic heterocycles. The molecular formula is C82H139NO8. The summed E-state index contributed by atoms with van der Waals surface area (Å²) in [5.41, 5.74) is 0. The number of esters is 2. The first-order chi connectivity index (χ1) is 44.6. The van der Waals surface area contributed by atoms with Gasteiger partial charge in [-0.25, -0.2) is 0 Å². The zero-order chi connectivity index (χ0) is 66.1. The van der Waals surface area contributed by atoms with Crippen molar-refractivity contribution >= 4 is 17.9 Å². The van der Waals surface area contributed by atoms with Crippen LogP contribution < -0.4 is 5.11 Å². The molecule has 0 fully saturated rings. The fourth-order valence-electron chi connectivity index (χ4n) is 10.2. The maximum atomic E-state index is 13.0. The van der Waals surface area contributed by atoms with Crippen LogP contribution in [0.1, 0.15) is 309 Å². The van der Waals surface area contributed by atoms with Crippen molar-refractivity contribution in [3.05, 3.63) is 134 Å². The lowest BCUT2D eigenvalue weighted by Crippen LogP contribution is -2.44. The van der Waals surface area contributed by atoms with E-state index in [9.17, 15) is 19.5 Å². The van der Waals surface area contributed by atoms with Gasteiger partial charge in [0.1, 0.15) is 13.2 Å². The number of likely N-dealkylation sites (N-methyl/N-ethyl adjacent to an activating group) is 1. The average molecular weight is 1270 g/mol. The largest absolute Gasteiger partial charge is 0.545 e. The standard InChI is InChI=1S/C82H139NO8/c1-6-8-10-12-14-16-18-20-22-24-26-28-30-32-34-35-36-37-38-39-40-41-42-43-44-45-47-49-51-53-55-57-59-61-63-65-67-69-71-73-80(85)91-78(77-90-82(81(86)87)88-75-74-83(3,4)5)76-89-79(84)72-70-68-66-64-62-60-58-56-54-52-50-48-46-33-31-29-27-25-23-21-19-17-15-13-11-9-7-2/h8,10,14,16,19-22,25-28,31-34,36-37,39-40,42-43,78,82H,6-7,9,11-13,15,17-18,23-24,29-30,35,38,41,44-77H2,1-5H3/b10-8-,16-14-,21-19-,22-20-,27-25-,28-26-,33-31-,34-32-,37-36-,40-39-,43-42-. The van der Waals surface area contributed by atoms with Gasteiger partial charge in [-0.2, -0.15) is 0 Å². The highest BCUT2D eigenvalue weighted by Crippen LogP contribution is 2.17. The van der Waals surface area contributed by atoms with Gasteiger partial charge in [0, 0.05) is 12.8 Å². The molecule has 0 N–H and O–H groups in total. The highest BCUT2D eigenvalue weighted by molar-refractivity contribution is 5.70. The zero-order valence-corrected chi connectivity index (χ0v) is 59.4. The Morgan fingerprint density at radius 2 is 0.626 bits per heavy atom. The molecule has 0 saturated carbocycles. The van der Waals surface area contributed by atoms with E-state index in [0.717, 1.165) is 103 Å². The second kappa shape index (κ2) is 71.3. The number of hydrogen-bond acceptors (Lipinski definition) is 8. The third kappa shape index (κ3) is 72.7. The first-order valence-corrected chi connectivity index (χ1v) is 37.3. The van der Waals surface area contributed by atoms with E-state index >= 15 is 0 Å². The summed E-state index contributed by atoms with van der Waals surface area (Å²) in [5.74, 6) is -2.28. The summed E-state index contributed by atoms with van der Waals surface area (Å²) in [6, 6.07) is 0. The van der Waals surface area contributed by atoms with Crippen molar-refractivity contribution in [2.24, 2.45) is 0 Å². The van der Waals surface area contributed by atoms with E-state index in [1.165, 1.54) is 173 Å². The molecule has 0 radical (unpaired) electrons. The third-order valence-corrected chi connectivity index (χ3v) is 15.9. The number of carboxylic acids is 1. The van der Waals surface area contributed by atoms with Gasteiger partial charge in [0.25, 0.3) is 0 Å². The second-order valence-corrected chi connectivity index (χ2v) is 25.9. The van der Waals surface area contributed by atoms with Gasteiger partial charge in [-0.15, -0.1) is 0 Å². The monoisotopic (exact) mass is 1270 g/mol. The number of carboxylic acid groups (broad SMARTS) is 1. The first-order valence-electron chi connectivity index (χ1n) is 37.3. The van der Waals surface area contributed by atoms with E-state index in [2.05, 4.69) is 148 Å². The lowest BCUT2D eigenvalue weighted by atomic mass is 10.0. The van der Waals surface area contributed by atoms with Crippen molar-refractivity contribution in [1.82, 2.24) is 0 Å². The minimum atomic E-state index is -1.63. The van der Waals surface area contributed by atoms with Gasteiger partial charge >= 0.3 is 11.9 Å². The molecule has 0 aliphatic carbocycles. The van der Waals surface area contributed by atoms with Crippen LogP contribution in [-0.4, -0.2) is 82.3 Å². The normalized spacial score (nSPS) is 13.5. The Balaban J connectivity index is 4.10. The SMILES string of the molecule is CC/C=C\C/C=C\C/C=C\C/C=C\C/C=C\C/C=C\C/C=C\C/C=C\CCCCCCCCCCCCCCCCC(=O)OC(COC(=O)CCCCCCCCCCCCCC/C=C\C/C=C\C/C=C\CCCCCCC)COC(OCC[N+](C)(C)C)C(=O)[O-]. The molecule has 0 aromatic rings. The van der Waals surface area contributed by atoms with Crippen LogP contribution in [0.25, 0.3) is 0 Å². The molecule has 0 heterocycles. The highest BCUT2D eigenvalue weighted by atomic mass is 16.7. The van der Waals surface area contributed by atoms with Gasteiger partial charge in [0.2, 0.25) is 0 Å². The number of rotatable bonds is 68. The third-order valence-electron chi connectivity index (χ3n) is 15.9. The molecule has 0 aromatic heterocycles. The van der Waals surface area contributed by atoms with E-state index in [0.29, 0.717) is 17.4 Å². The quantitative estimate of drug-likeness (QED) is 0.0195. The zero-order valence-electron chi connectivity index (χ0n) is 59.4. The number of nitrogens with zero attached hydrogens (tertiary/aromatic N) is 1. The van der Waals surface area contributed by atoms with E-state index in [1.807, 2.05) is 21.1 Å². The summed E-state index contributed by atoms with van der Waals surface area (Å²) in [7, 11) is 5.93. The predicted octanol–water partition coefficient (Wildman–Crippen LogP) is 22.4. The van der Waals surface area contributed by atoms with Crippen LogP contribution in [-0.2, 0) is 33.3 Å². The van der Waals surface area contributed by atoms with E-state index in [1.54, 1.807) is 0 Å². The Morgan fingerprint density at radius 1 is 0.341 bits per heavy atom. The molecule has 2 atom stereocenters. The van der Waals surface area contributed by atoms with Crippen LogP contribution >= 0.6 is 0 Å². The summed E-state index contributed by atoms with van der Waals surface area (Å²) < 4.78 is 22.8.